The zero-order chi connectivity index (χ0) is 33.0. The number of aryl methyl sites for hydroxylation is 1. The van der Waals surface area contributed by atoms with Crippen molar-refractivity contribution in [3.8, 4) is 0 Å². The van der Waals surface area contributed by atoms with Gasteiger partial charge < -0.3 is 14.3 Å². The number of aromatic nitrogens is 1. The number of benzene rings is 1. The van der Waals surface area contributed by atoms with Crippen LogP contribution in [0.25, 0.3) is 10.2 Å². The van der Waals surface area contributed by atoms with E-state index in [9.17, 15) is 14.7 Å². The van der Waals surface area contributed by atoms with E-state index in [4.69, 9.17) is 9.16 Å². The number of esters is 1. The number of carbonyl (C=O) groups is 2. The van der Waals surface area contributed by atoms with Gasteiger partial charge in [0, 0.05) is 17.8 Å². The zero-order valence-electron chi connectivity index (χ0n) is 28.7. The maximum absolute atomic E-state index is 14.4. The van der Waals surface area contributed by atoms with E-state index >= 15 is 0 Å². The van der Waals surface area contributed by atoms with E-state index in [1.54, 1.807) is 17.4 Å². The number of ketones is 1. The molecule has 2 aromatic rings. The van der Waals surface area contributed by atoms with Crippen LogP contribution in [0.4, 0.5) is 0 Å². The van der Waals surface area contributed by atoms with Crippen molar-refractivity contribution in [2.24, 2.45) is 17.3 Å². The second kappa shape index (κ2) is 14.5. The maximum atomic E-state index is 14.4. The van der Waals surface area contributed by atoms with Gasteiger partial charge in [-0.2, -0.15) is 0 Å². The Kier molecular flexibility index (Phi) is 12.0. The van der Waals surface area contributed by atoms with Gasteiger partial charge in [-0.05, 0) is 81.3 Å². The van der Waals surface area contributed by atoms with E-state index in [0.717, 1.165) is 40.1 Å². The molecule has 0 aliphatic carbocycles. The van der Waals surface area contributed by atoms with Crippen molar-refractivity contribution in [2.45, 2.75) is 130 Å². The summed E-state index contributed by atoms with van der Waals surface area (Å²) in [7, 11) is -2.41. The summed E-state index contributed by atoms with van der Waals surface area (Å²) < 4.78 is 14.3. The fraction of sp³-hybridized carbons (Fsp3) is 0.639. The highest BCUT2D eigenvalue weighted by atomic mass is 32.1. The van der Waals surface area contributed by atoms with E-state index in [1.165, 1.54) is 5.57 Å². The van der Waals surface area contributed by atoms with Gasteiger partial charge in [0.25, 0.3) is 0 Å². The number of aliphatic hydroxyl groups is 1. The van der Waals surface area contributed by atoms with Crippen molar-refractivity contribution in [3.05, 3.63) is 53.1 Å². The fourth-order valence-corrected chi connectivity index (χ4v) is 8.00. The van der Waals surface area contributed by atoms with Crippen LogP contribution in [0.15, 0.2) is 42.5 Å². The second-order valence-corrected chi connectivity index (χ2v) is 20.9. The number of nitrogens with zero attached hydrogens (tertiary/aromatic N) is 1. The topological polar surface area (TPSA) is 85.7 Å². The number of hydrogen-bond acceptors (Lipinski definition) is 7. The Morgan fingerprint density at radius 1 is 1.23 bits per heavy atom. The third kappa shape index (κ3) is 8.77. The number of fused-ring (bicyclic) bond motifs is 1. The monoisotopic (exact) mass is 641 g/mol. The first kappa shape index (κ1) is 36.3. The molecule has 0 radical (unpaired) electrons. The Hall–Kier alpha value is -2.13. The third-order valence-corrected chi connectivity index (χ3v) is 15.3. The summed E-state index contributed by atoms with van der Waals surface area (Å²) in [6.45, 7) is 24.5. The summed E-state index contributed by atoms with van der Waals surface area (Å²) in [6.07, 6.45) is 5.28. The van der Waals surface area contributed by atoms with Crippen LogP contribution in [0, 0.1) is 24.2 Å². The molecule has 0 spiro atoms. The Morgan fingerprint density at radius 3 is 2.55 bits per heavy atom. The lowest BCUT2D eigenvalue weighted by molar-refractivity contribution is -0.155. The van der Waals surface area contributed by atoms with Gasteiger partial charge >= 0.3 is 5.97 Å². The van der Waals surface area contributed by atoms with E-state index in [2.05, 4.69) is 64.5 Å². The van der Waals surface area contributed by atoms with Gasteiger partial charge in [-0.1, -0.05) is 65.3 Å². The third-order valence-electron chi connectivity index (χ3n) is 9.86. The number of cyclic esters (lactones) is 1. The van der Waals surface area contributed by atoms with Gasteiger partial charge in [-0.25, -0.2) is 4.98 Å². The average Bonchev–Trinajstić information content (AvgIpc) is 3.30. The molecule has 0 saturated heterocycles. The lowest BCUT2D eigenvalue weighted by Crippen LogP contribution is -2.53. The predicted octanol–water partition coefficient (Wildman–Crippen LogP) is 9.27. The van der Waals surface area contributed by atoms with Crippen LogP contribution in [-0.2, 0) is 18.8 Å². The standard InChI is InChI=1S/C36H55NO5SSi/c1-12-14-27-33(39)24(3)16-13-15-23(2)17-19-29(26-18-20-30-28(21-26)37-25(4)43-30)41-32(38)22-31(36(8,9)34(27)40)42-44(10,11)35(5,6)7/h12,17-18,20-21,24,27,29,31,33,39H,1,13-16,19,22H2,2-11H3/b23-17-/t24-,27+,29-,31-,33-/m0/s1. The van der Waals surface area contributed by atoms with E-state index in [1.807, 2.05) is 39.8 Å². The molecule has 3 rings (SSSR count). The van der Waals surface area contributed by atoms with E-state index in [0.29, 0.717) is 12.8 Å². The predicted molar refractivity (Wildman–Crippen MR) is 184 cm³/mol. The first-order valence-corrected chi connectivity index (χ1v) is 19.8. The summed E-state index contributed by atoms with van der Waals surface area (Å²) in [4.78, 5) is 32.9. The van der Waals surface area contributed by atoms with Crippen LogP contribution >= 0.6 is 11.3 Å². The van der Waals surface area contributed by atoms with Gasteiger partial charge in [0.15, 0.2) is 8.32 Å². The minimum absolute atomic E-state index is 0.0606. The minimum atomic E-state index is -2.41. The molecule has 44 heavy (non-hydrogen) atoms. The summed E-state index contributed by atoms with van der Waals surface area (Å²) in [5, 5.41) is 12.3. The fourth-order valence-electron chi connectivity index (χ4n) is 5.74. The highest BCUT2D eigenvalue weighted by Crippen LogP contribution is 2.43. The largest absolute Gasteiger partial charge is 0.457 e. The van der Waals surface area contributed by atoms with Gasteiger partial charge in [-0.3, -0.25) is 9.59 Å². The molecule has 0 saturated carbocycles. The normalized spacial score (nSPS) is 27.9. The number of allylic oxidation sites excluding steroid dienone is 2. The molecule has 8 heteroatoms. The summed E-state index contributed by atoms with van der Waals surface area (Å²) in [5.74, 6) is -1.20. The number of carbonyl (C=O) groups excluding carboxylic acids is 2. The molecule has 1 N–H and O–H groups in total. The van der Waals surface area contributed by atoms with Crippen LogP contribution in [0.5, 0.6) is 0 Å². The highest BCUT2D eigenvalue weighted by molar-refractivity contribution is 7.18. The van der Waals surface area contributed by atoms with Crippen molar-refractivity contribution in [3.63, 3.8) is 0 Å². The van der Waals surface area contributed by atoms with Crippen LogP contribution in [0.3, 0.4) is 0 Å². The van der Waals surface area contributed by atoms with Crippen LogP contribution in [0.1, 0.15) is 104 Å². The molecule has 0 unspecified atom stereocenters. The van der Waals surface area contributed by atoms with Crippen molar-refractivity contribution in [2.75, 3.05) is 0 Å². The molecule has 5 atom stereocenters. The molecule has 1 aromatic carbocycles. The summed E-state index contributed by atoms with van der Waals surface area (Å²) in [5.41, 5.74) is 1.97. The van der Waals surface area contributed by atoms with E-state index in [-0.39, 0.29) is 23.2 Å². The molecule has 0 bridgehead atoms. The SMILES string of the molecule is C=CC[C@H]1C(=O)C(C)(C)[C@@H](O[Si](C)(C)C(C)(C)C)CC(=O)O[C@H](c2ccc3sc(C)nc3c2)C/C=C(/C)CCC[C@H](C)[C@@H]1O. The van der Waals surface area contributed by atoms with Crippen molar-refractivity contribution < 1.29 is 23.9 Å². The maximum Gasteiger partial charge on any atom is 0.309 e. The summed E-state index contributed by atoms with van der Waals surface area (Å²) in [6, 6.07) is 6.11. The molecule has 1 aliphatic heterocycles. The van der Waals surface area contributed by atoms with Crippen molar-refractivity contribution >= 4 is 41.6 Å². The molecule has 1 aliphatic rings. The number of aliphatic hydroxyl groups excluding tert-OH is 1. The molecule has 0 fully saturated rings. The van der Waals surface area contributed by atoms with Gasteiger partial charge in [0.2, 0.25) is 0 Å². The number of ether oxygens (including phenoxy) is 1. The first-order valence-electron chi connectivity index (χ1n) is 16.1. The lowest BCUT2D eigenvalue weighted by Gasteiger charge is -2.44. The number of thiazole rings is 1. The molecular formula is C36H55NO5SSi. The Labute approximate surface area is 270 Å². The molecular weight excluding hydrogens is 587 g/mol. The van der Waals surface area contributed by atoms with E-state index < -0.39 is 43.9 Å². The van der Waals surface area contributed by atoms with Gasteiger partial charge in [0.05, 0.1) is 33.9 Å². The highest BCUT2D eigenvalue weighted by Gasteiger charge is 2.49. The van der Waals surface area contributed by atoms with Crippen molar-refractivity contribution in [1.82, 2.24) is 4.98 Å². The summed E-state index contributed by atoms with van der Waals surface area (Å²) >= 11 is 1.65. The van der Waals surface area contributed by atoms with Gasteiger partial charge in [0.1, 0.15) is 11.9 Å². The smallest absolute Gasteiger partial charge is 0.309 e. The lowest BCUT2D eigenvalue weighted by atomic mass is 9.71. The number of Topliss-reactive ketones (excluding diaryl/α,β-unsaturated/α-hetero) is 1. The first-order chi connectivity index (χ1) is 20.4. The molecule has 0 amide bonds. The average molecular weight is 642 g/mol. The Bertz CT molecular complexity index is 1350. The quantitative estimate of drug-likeness (QED) is 0.199. The Balaban J connectivity index is 2.08. The molecule has 244 valence electrons. The molecule has 1 aromatic heterocycles. The number of hydrogen-bond donors (Lipinski definition) is 1. The van der Waals surface area contributed by atoms with Gasteiger partial charge in [-0.15, -0.1) is 17.9 Å². The second-order valence-electron chi connectivity index (χ2n) is 14.9. The Morgan fingerprint density at radius 2 is 1.91 bits per heavy atom. The van der Waals surface area contributed by atoms with Crippen LogP contribution < -0.4 is 0 Å². The van der Waals surface area contributed by atoms with Crippen LogP contribution in [0.2, 0.25) is 18.1 Å². The zero-order valence-corrected chi connectivity index (χ0v) is 30.5. The number of rotatable bonds is 5. The molecule has 2 heterocycles. The van der Waals surface area contributed by atoms with Crippen LogP contribution in [-0.4, -0.2) is 42.4 Å². The van der Waals surface area contributed by atoms with Crippen molar-refractivity contribution in [1.29, 1.82) is 0 Å². The minimum Gasteiger partial charge on any atom is -0.457 e. The molecule has 6 nitrogen and oxygen atoms in total.